The fourth-order valence-electron chi connectivity index (χ4n) is 3.44. The number of ether oxygens (including phenoxy) is 2. The van der Waals surface area contributed by atoms with Gasteiger partial charge in [-0.25, -0.2) is 15.0 Å². The van der Waals surface area contributed by atoms with Gasteiger partial charge in [0.1, 0.15) is 12.1 Å². The summed E-state index contributed by atoms with van der Waals surface area (Å²) in [4.78, 5) is 18.1. The number of methoxy groups -OCH3 is 2. The zero-order valence-corrected chi connectivity index (χ0v) is 15.7. The van der Waals surface area contributed by atoms with Crippen LogP contribution in [0.2, 0.25) is 0 Å². The van der Waals surface area contributed by atoms with Crippen molar-refractivity contribution in [3.63, 3.8) is 0 Å². The average Bonchev–Trinajstić information content (AvgIpc) is 3.15. The van der Waals surface area contributed by atoms with Crippen molar-refractivity contribution < 1.29 is 9.47 Å². The van der Waals surface area contributed by atoms with Crippen LogP contribution in [0.15, 0.2) is 36.9 Å². The van der Waals surface area contributed by atoms with Gasteiger partial charge in [-0.15, -0.1) is 0 Å². The second-order valence-electron chi connectivity index (χ2n) is 6.48. The molecule has 2 aromatic heterocycles. The Bertz CT molecular complexity index is 904. The highest BCUT2D eigenvalue weighted by atomic mass is 16.5. The highest BCUT2D eigenvalue weighted by Gasteiger charge is 2.22. The minimum atomic E-state index is 0.629. The van der Waals surface area contributed by atoms with Crippen LogP contribution in [0.1, 0.15) is 0 Å². The van der Waals surface area contributed by atoms with Crippen LogP contribution >= 0.6 is 0 Å². The van der Waals surface area contributed by atoms with Crippen molar-refractivity contribution in [3.05, 3.63) is 36.9 Å². The third kappa shape index (κ3) is 3.52. The van der Waals surface area contributed by atoms with Crippen LogP contribution in [0.5, 0.6) is 5.75 Å². The lowest BCUT2D eigenvalue weighted by atomic mass is 10.2. The summed E-state index contributed by atoms with van der Waals surface area (Å²) in [6.07, 6.45) is 3.44. The maximum atomic E-state index is 5.34. The van der Waals surface area contributed by atoms with Gasteiger partial charge in [0, 0.05) is 51.6 Å². The van der Waals surface area contributed by atoms with E-state index in [4.69, 9.17) is 9.47 Å². The van der Waals surface area contributed by atoms with Crippen molar-refractivity contribution in [1.29, 1.82) is 0 Å². The van der Waals surface area contributed by atoms with E-state index in [0.717, 1.165) is 55.5 Å². The van der Waals surface area contributed by atoms with Gasteiger partial charge in [0.25, 0.3) is 0 Å². The first-order valence-electron chi connectivity index (χ1n) is 9.09. The second kappa shape index (κ2) is 7.79. The Kier molecular flexibility index (Phi) is 5.06. The van der Waals surface area contributed by atoms with Gasteiger partial charge in [0.05, 0.1) is 20.0 Å². The van der Waals surface area contributed by atoms with Crippen molar-refractivity contribution in [3.8, 4) is 5.75 Å². The smallest absolute Gasteiger partial charge is 0.165 e. The van der Waals surface area contributed by atoms with E-state index in [1.54, 1.807) is 20.5 Å². The molecule has 0 unspecified atom stereocenters. The maximum absolute atomic E-state index is 5.34. The molecule has 142 valence electrons. The van der Waals surface area contributed by atoms with Gasteiger partial charge in [-0.1, -0.05) is 6.07 Å². The molecular weight excluding hydrogens is 344 g/mol. The number of hydrogen-bond donors (Lipinski definition) is 0. The minimum absolute atomic E-state index is 0.629. The van der Waals surface area contributed by atoms with Crippen molar-refractivity contribution in [2.75, 3.05) is 56.8 Å². The molecule has 0 N–H and O–H groups in total. The minimum Gasteiger partial charge on any atom is -0.497 e. The van der Waals surface area contributed by atoms with Crippen LogP contribution in [0.3, 0.4) is 0 Å². The van der Waals surface area contributed by atoms with Crippen molar-refractivity contribution in [2.45, 2.75) is 6.54 Å². The standard InChI is InChI=1S/C19H24N6O2/c1-26-11-10-25-14-22-17-18(20-13-21-19(17)25)24-8-6-23(7-9-24)15-4-3-5-16(12-15)27-2/h3-5,12-14H,6-11H2,1-2H3. The maximum Gasteiger partial charge on any atom is 0.165 e. The number of aromatic nitrogens is 4. The van der Waals surface area contributed by atoms with Gasteiger partial charge in [-0.2, -0.15) is 0 Å². The Morgan fingerprint density at radius 2 is 1.81 bits per heavy atom. The van der Waals surface area contributed by atoms with Gasteiger partial charge in [-0.3, -0.25) is 0 Å². The van der Waals surface area contributed by atoms with E-state index < -0.39 is 0 Å². The topological polar surface area (TPSA) is 68.5 Å². The number of imidazole rings is 1. The second-order valence-corrected chi connectivity index (χ2v) is 6.48. The zero-order valence-electron chi connectivity index (χ0n) is 15.7. The fraction of sp³-hybridized carbons (Fsp3) is 0.421. The normalized spacial score (nSPS) is 14.7. The van der Waals surface area contributed by atoms with E-state index in [0.29, 0.717) is 6.61 Å². The summed E-state index contributed by atoms with van der Waals surface area (Å²) in [6.45, 7) is 4.96. The molecule has 8 heteroatoms. The zero-order chi connectivity index (χ0) is 18.6. The molecule has 1 aliphatic rings. The molecule has 0 saturated carbocycles. The number of benzene rings is 1. The first kappa shape index (κ1) is 17.5. The van der Waals surface area contributed by atoms with E-state index in [2.05, 4.69) is 36.9 Å². The van der Waals surface area contributed by atoms with E-state index in [9.17, 15) is 0 Å². The first-order chi connectivity index (χ1) is 13.3. The molecular formula is C19H24N6O2. The Morgan fingerprint density at radius 3 is 2.59 bits per heavy atom. The lowest BCUT2D eigenvalue weighted by molar-refractivity contribution is 0.188. The molecule has 8 nitrogen and oxygen atoms in total. The Balaban J connectivity index is 1.50. The van der Waals surface area contributed by atoms with Gasteiger partial charge in [0.2, 0.25) is 0 Å². The number of piperazine rings is 1. The van der Waals surface area contributed by atoms with E-state index in [1.165, 1.54) is 5.69 Å². The van der Waals surface area contributed by atoms with Gasteiger partial charge >= 0.3 is 0 Å². The Hall–Kier alpha value is -2.87. The molecule has 0 radical (unpaired) electrons. The number of rotatable bonds is 6. The molecule has 1 aromatic carbocycles. The first-order valence-corrected chi connectivity index (χ1v) is 9.09. The van der Waals surface area contributed by atoms with Crippen molar-refractivity contribution >= 4 is 22.7 Å². The number of anilines is 2. The summed E-state index contributed by atoms with van der Waals surface area (Å²) in [5.41, 5.74) is 2.89. The molecule has 1 fully saturated rings. The summed E-state index contributed by atoms with van der Waals surface area (Å²) < 4.78 is 12.5. The molecule has 0 spiro atoms. The van der Waals surface area contributed by atoms with Crippen LogP contribution in [0.25, 0.3) is 11.2 Å². The Labute approximate surface area is 158 Å². The van der Waals surface area contributed by atoms with Crippen LogP contribution in [-0.4, -0.2) is 66.5 Å². The molecule has 0 bridgehead atoms. The molecule has 0 amide bonds. The lowest BCUT2D eigenvalue weighted by Crippen LogP contribution is -2.47. The average molecular weight is 368 g/mol. The number of fused-ring (bicyclic) bond motifs is 1. The van der Waals surface area contributed by atoms with E-state index >= 15 is 0 Å². The quantitative estimate of drug-likeness (QED) is 0.657. The van der Waals surface area contributed by atoms with Crippen LogP contribution < -0.4 is 14.5 Å². The summed E-state index contributed by atoms with van der Waals surface area (Å²) in [7, 11) is 3.39. The molecule has 0 aliphatic carbocycles. The van der Waals surface area contributed by atoms with Crippen LogP contribution in [-0.2, 0) is 11.3 Å². The van der Waals surface area contributed by atoms with E-state index in [1.807, 2.05) is 23.0 Å². The molecule has 1 aliphatic heterocycles. The van der Waals surface area contributed by atoms with E-state index in [-0.39, 0.29) is 0 Å². The largest absolute Gasteiger partial charge is 0.497 e. The highest BCUT2D eigenvalue weighted by molar-refractivity contribution is 5.83. The summed E-state index contributed by atoms with van der Waals surface area (Å²) in [5, 5.41) is 0. The van der Waals surface area contributed by atoms with Crippen LogP contribution in [0.4, 0.5) is 11.5 Å². The molecule has 3 heterocycles. The molecule has 1 saturated heterocycles. The summed E-state index contributed by atoms with van der Waals surface area (Å²) >= 11 is 0. The Morgan fingerprint density at radius 1 is 1.00 bits per heavy atom. The van der Waals surface area contributed by atoms with Crippen LogP contribution in [0, 0.1) is 0 Å². The number of nitrogens with zero attached hydrogens (tertiary/aromatic N) is 6. The van der Waals surface area contributed by atoms with Crippen molar-refractivity contribution in [2.24, 2.45) is 0 Å². The lowest BCUT2D eigenvalue weighted by Gasteiger charge is -2.36. The molecule has 27 heavy (non-hydrogen) atoms. The molecule has 4 rings (SSSR count). The van der Waals surface area contributed by atoms with Crippen molar-refractivity contribution in [1.82, 2.24) is 19.5 Å². The fourth-order valence-corrected chi connectivity index (χ4v) is 3.44. The SMILES string of the molecule is COCCn1cnc2c(N3CCN(c4cccc(OC)c4)CC3)ncnc21. The van der Waals surface area contributed by atoms with Gasteiger partial charge < -0.3 is 23.8 Å². The molecule has 0 atom stereocenters. The number of hydrogen-bond acceptors (Lipinski definition) is 7. The summed E-state index contributed by atoms with van der Waals surface area (Å²) in [5.74, 6) is 1.79. The third-order valence-electron chi connectivity index (χ3n) is 4.92. The highest BCUT2D eigenvalue weighted by Crippen LogP contribution is 2.26. The monoisotopic (exact) mass is 368 g/mol. The predicted molar refractivity (Wildman–Crippen MR) is 105 cm³/mol. The predicted octanol–water partition coefficient (Wildman–Crippen LogP) is 1.81. The third-order valence-corrected chi connectivity index (χ3v) is 4.92. The van der Waals surface area contributed by atoms with Gasteiger partial charge in [-0.05, 0) is 12.1 Å². The summed E-state index contributed by atoms with van der Waals surface area (Å²) in [6, 6.07) is 8.20. The van der Waals surface area contributed by atoms with Gasteiger partial charge in [0.15, 0.2) is 17.0 Å². The molecule has 3 aromatic rings.